The predicted molar refractivity (Wildman–Crippen MR) is 86.6 cm³/mol. The van der Waals surface area contributed by atoms with Crippen molar-refractivity contribution in [2.75, 3.05) is 0 Å². The monoisotopic (exact) mass is 262 g/mol. The minimum absolute atomic E-state index is 0.131. The van der Waals surface area contributed by atoms with Crippen LogP contribution in [0, 0.1) is 6.92 Å². The first-order valence-electron chi connectivity index (χ1n) is 7.03. The second-order valence-corrected chi connectivity index (χ2v) is 5.75. The van der Waals surface area contributed by atoms with E-state index in [-0.39, 0.29) is 5.43 Å². The molecule has 0 atom stereocenters. The number of rotatable bonds is 1. The van der Waals surface area contributed by atoms with E-state index < -0.39 is 0 Å². The number of hydrogen-bond donors (Lipinski definition) is 0. The maximum atomic E-state index is 12.8. The minimum Gasteiger partial charge on any atom is -0.289 e. The van der Waals surface area contributed by atoms with Gasteiger partial charge in [0.05, 0.1) is 0 Å². The maximum absolute atomic E-state index is 12.8. The van der Waals surface area contributed by atoms with E-state index in [1.54, 1.807) is 0 Å². The Bertz CT molecular complexity index is 860. The van der Waals surface area contributed by atoms with E-state index in [1.165, 1.54) is 5.56 Å². The molecule has 0 aliphatic carbocycles. The highest BCUT2D eigenvalue weighted by atomic mass is 16.1. The van der Waals surface area contributed by atoms with E-state index in [9.17, 15) is 4.79 Å². The maximum Gasteiger partial charge on any atom is 0.194 e. The molecule has 0 fully saturated rings. The quantitative estimate of drug-likeness (QED) is 0.616. The van der Waals surface area contributed by atoms with Crippen LogP contribution in [0.1, 0.15) is 30.9 Å². The lowest BCUT2D eigenvalue weighted by Crippen LogP contribution is -2.00. The third-order valence-corrected chi connectivity index (χ3v) is 3.88. The van der Waals surface area contributed by atoms with Crippen LogP contribution >= 0.6 is 0 Å². The van der Waals surface area contributed by atoms with Crippen LogP contribution < -0.4 is 5.43 Å². The molecule has 20 heavy (non-hydrogen) atoms. The van der Waals surface area contributed by atoms with Crippen LogP contribution in [0.2, 0.25) is 0 Å². The summed E-state index contributed by atoms with van der Waals surface area (Å²) in [5.41, 5.74) is 2.46. The van der Waals surface area contributed by atoms with Crippen molar-refractivity contribution < 1.29 is 0 Å². The molecule has 0 spiro atoms. The second-order valence-electron chi connectivity index (χ2n) is 5.75. The van der Waals surface area contributed by atoms with Crippen LogP contribution in [0.3, 0.4) is 0 Å². The van der Waals surface area contributed by atoms with Crippen molar-refractivity contribution in [3.05, 3.63) is 69.9 Å². The molecular weight excluding hydrogens is 244 g/mol. The molecular formula is C19H18O. The number of fused-ring (bicyclic) bond motifs is 2. The lowest BCUT2D eigenvalue weighted by Gasteiger charge is -2.05. The van der Waals surface area contributed by atoms with Crippen LogP contribution in [-0.2, 0) is 0 Å². The topological polar surface area (TPSA) is 17.1 Å². The van der Waals surface area contributed by atoms with Crippen molar-refractivity contribution in [2.45, 2.75) is 26.7 Å². The first-order chi connectivity index (χ1) is 9.56. The molecule has 0 amide bonds. The van der Waals surface area contributed by atoms with Gasteiger partial charge in [-0.1, -0.05) is 55.8 Å². The molecule has 0 aliphatic rings. The van der Waals surface area contributed by atoms with E-state index in [4.69, 9.17) is 0 Å². The van der Waals surface area contributed by atoms with E-state index in [2.05, 4.69) is 26.0 Å². The van der Waals surface area contributed by atoms with Gasteiger partial charge in [0, 0.05) is 10.8 Å². The van der Waals surface area contributed by atoms with Crippen molar-refractivity contribution in [1.82, 2.24) is 0 Å². The minimum atomic E-state index is 0.131. The molecule has 3 rings (SSSR count). The third kappa shape index (κ3) is 2.09. The summed E-state index contributed by atoms with van der Waals surface area (Å²) in [4.78, 5) is 12.8. The second kappa shape index (κ2) is 4.75. The number of benzene rings is 2. The van der Waals surface area contributed by atoms with E-state index >= 15 is 0 Å². The summed E-state index contributed by atoms with van der Waals surface area (Å²) in [6, 6.07) is 16.3. The zero-order chi connectivity index (χ0) is 14.3. The largest absolute Gasteiger partial charge is 0.289 e. The first-order valence-corrected chi connectivity index (χ1v) is 7.03. The lowest BCUT2D eigenvalue weighted by atomic mass is 10.00. The number of hydrogen-bond acceptors (Lipinski definition) is 1. The van der Waals surface area contributed by atoms with Gasteiger partial charge in [-0.15, -0.1) is 0 Å². The molecule has 100 valence electrons. The van der Waals surface area contributed by atoms with E-state index in [0.717, 1.165) is 27.1 Å². The molecule has 3 aromatic rings. The first kappa shape index (κ1) is 12.9. The van der Waals surface area contributed by atoms with Gasteiger partial charge in [-0.25, -0.2) is 0 Å². The molecule has 3 aromatic carbocycles. The molecule has 0 aliphatic heterocycles. The summed E-state index contributed by atoms with van der Waals surface area (Å²) in [6.45, 7) is 6.32. The Morgan fingerprint density at radius 2 is 1.35 bits per heavy atom. The summed E-state index contributed by atoms with van der Waals surface area (Å²) in [7, 11) is 0. The van der Waals surface area contributed by atoms with E-state index in [1.807, 2.05) is 43.3 Å². The van der Waals surface area contributed by atoms with Gasteiger partial charge in [-0.05, 0) is 41.3 Å². The molecule has 1 heteroatoms. The Kier molecular flexibility index (Phi) is 3.06. The van der Waals surface area contributed by atoms with Crippen molar-refractivity contribution in [3.63, 3.8) is 0 Å². The van der Waals surface area contributed by atoms with Gasteiger partial charge in [0.25, 0.3) is 0 Å². The Labute approximate surface area is 118 Å². The standard InChI is InChI=1S/C19H18O/c1-12(2)16-9-8-15-7-6-14-5-4-13(3)10-17(14)19(20)18(15)11-16/h4-12H,1-3H3. The lowest BCUT2D eigenvalue weighted by molar-refractivity contribution is 0.869. The van der Waals surface area contributed by atoms with Crippen molar-refractivity contribution in [2.24, 2.45) is 0 Å². The van der Waals surface area contributed by atoms with Gasteiger partial charge in [-0.2, -0.15) is 0 Å². The van der Waals surface area contributed by atoms with Crippen molar-refractivity contribution >= 4 is 21.5 Å². The van der Waals surface area contributed by atoms with Crippen LogP contribution in [-0.4, -0.2) is 0 Å². The molecule has 0 N–H and O–H groups in total. The fourth-order valence-corrected chi connectivity index (χ4v) is 2.61. The zero-order valence-electron chi connectivity index (χ0n) is 12.1. The summed E-state index contributed by atoms with van der Waals surface area (Å²) in [5, 5.41) is 3.63. The highest BCUT2D eigenvalue weighted by Gasteiger charge is 2.05. The molecule has 1 nitrogen and oxygen atoms in total. The van der Waals surface area contributed by atoms with Gasteiger partial charge in [0.1, 0.15) is 0 Å². The van der Waals surface area contributed by atoms with Crippen LogP contribution in [0.15, 0.2) is 53.3 Å². The summed E-state index contributed by atoms with van der Waals surface area (Å²) >= 11 is 0. The normalized spacial score (nSPS) is 11.4. The smallest absolute Gasteiger partial charge is 0.194 e. The van der Waals surface area contributed by atoms with E-state index in [0.29, 0.717) is 5.92 Å². The fraction of sp³-hybridized carbons (Fsp3) is 0.211. The van der Waals surface area contributed by atoms with Gasteiger partial charge in [0.2, 0.25) is 0 Å². The molecule has 0 heterocycles. The summed E-state index contributed by atoms with van der Waals surface area (Å²) in [6.07, 6.45) is 0. The Morgan fingerprint density at radius 1 is 0.800 bits per heavy atom. The highest BCUT2D eigenvalue weighted by Crippen LogP contribution is 2.21. The zero-order valence-corrected chi connectivity index (χ0v) is 12.1. The molecule has 0 unspecified atom stereocenters. The molecule has 0 saturated heterocycles. The fourth-order valence-electron chi connectivity index (χ4n) is 2.61. The van der Waals surface area contributed by atoms with Gasteiger partial charge in [-0.3, -0.25) is 4.79 Å². The van der Waals surface area contributed by atoms with Crippen LogP contribution in [0.4, 0.5) is 0 Å². The SMILES string of the molecule is Cc1ccc2ccc3ccc(C(C)C)cc3c(=O)c2c1. The molecule has 0 saturated carbocycles. The van der Waals surface area contributed by atoms with Crippen molar-refractivity contribution in [1.29, 1.82) is 0 Å². The third-order valence-electron chi connectivity index (χ3n) is 3.88. The average Bonchev–Trinajstić information content (AvgIpc) is 2.57. The molecule has 0 aromatic heterocycles. The predicted octanol–water partition coefficient (Wildman–Crippen LogP) is 4.79. The average molecular weight is 262 g/mol. The van der Waals surface area contributed by atoms with Gasteiger partial charge < -0.3 is 0 Å². The highest BCUT2D eigenvalue weighted by molar-refractivity contribution is 5.93. The van der Waals surface area contributed by atoms with Crippen molar-refractivity contribution in [3.8, 4) is 0 Å². The molecule has 0 radical (unpaired) electrons. The Hall–Kier alpha value is -2.15. The van der Waals surface area contributed by atoms with Crippen LogP contribution in [0.25, 0.3) is 21.5 Å². The Morgan fingerprint density at radius 3 is 2.00 bits per heavy atom. The summed E-state index contributed by atoms with van der Waals surface area (Å²) in [5.74, 6) is 0.428. The molecule has 0 bridgehead atoms. The Balaban J connectivity index is 2.50. The van der Waals surface area contributed by atoms with Gasteiger partial charge in [0.15, 0.2) is 5.43 Å². The van der Waals surface area contributed by atoms with Crippen LogP contribution in [0.5, 0.6) is 0 Å². The number of aryl methyl sites for hydroxylation is 1. The van der Waals surface area contributed by atoms with Gasteiger partial charge >= 0.3 is 0 Å². The summed E-state index contributed by atoms with van der Waals surface area (Å²) < 4.78 is 0.